The first-order valence-electron chi connectivity index (χ1n) is 4.61. The van der Waals surface area contributed by atoms with Crippen LogP contribution in [0.2, 0.25) is 0 Å². The molecule has 0 fully saturated rings. The highest BCUT2D eigenvalue weighted by molar-refractivity contribution is 5.96. The predicted molar refractivity (Wildman–Crippen MR) is 54.3 cm³/mol. The average Bonchev–Trinajstić information content (AvgIpc) is 2.20. The van der Waals surface area contributed by atoms with E-state index < -0.39 is 23.3 Å². The molecular weight excluding hydrogens is 210 g/mol. The fourth-order valence-electron chi connectivity index (χ4n) is 1.64. The zero-order chi connectivity index (χ0) is 12.5. The van der Waals surface area contributed by atoms with E-state index in [-0.39, 0.29) is 11.1 Å². The Morgan fingerprint density at radius 1 is 1.50 bits per heavy atom. The van der Waals surface area contributed by atoms with Gasteiger partial charge in [0.1, 0.15) is 5.92 Å². The lowest BCUT2D eigenvalue weighted by Gasteiger charge is -2.27. The van der Waals surface area contributed by atoms with Crippen LogP contribution in [0, 0.1) is 22.7 Å². The Morgan fingerprint density at radius 2 is 2.06 bits per heavy atom. The summed E-state index contributed by atoms with van der Waals surface area (Å²) in [5.74, 6) is -3.71. The quantitative estimate of drug-likeness (QED) is 0.682. The molecule has 1 aliphatic rings. The topological polar surface area (TPSA) is 98.4 Å². The molecule has 0 aromatic heterocycles. The standard InChI is InChI=1S/C11H11NO4/c1-6-8(10(15)16)7(9(13)14)3-4-11(6,2)5-12/h3-4,7H,1-2H3,(H,13,14)(H,15,16). The van der Waals surface area contributed by atoms with Gasteiger partial charge in [-0.25, -0.2) is 4.79 Å². The van der Waals surface area contributed by atoms with Crippen LogP contribution >= 0.6 is 0 Å². The second-order valence-electron chi connectivity index (χ2n) is 3.83. The summed E-state index contributed by atoms with van der Waals surface area (Å²) in [4.78, 5) is 21.9. The summed E-state index contributed by atoms with van der Waals surface area (Å²) in [5, 5.41) is 26.8. The molecule has 0 aromatic carbocycles. The van der Waals surface area contributed by atoms with Gasteiger partial charge in [-0.15, -0.1) is 0 Å². The van der Waals surface area contributed by atoms with E-state index in [4.69, 9.17) is 15.5 Å². The first kappa shape index (κ1) is 12.0. The van der Waals surface area contributed by atoms with Crippen LogP contribution in [0.3, 0.4) is 0 Å². The molecule has 0 amide bonds. The molecule has 2 N–H and O–H groups in total. The molecule has 84 valence electrons. The smallest absolute Gasteiger partial charge is 0.332 e. The van der Waals surface area contributed by atoms with Crippen molar-refractivity contribution in [2.24, 2.45) is 11.3 Å². The molecule has 0 aromatic rings. The Bertz CT molecular complexity index is 455. The minimum atomic E-state index is -1.30. The molecule has 0 heterocycles. The minimum Gasteiger partial charge on any atom is -0.481 e. The van der Waals surface area contributed by atoms with Crippen LogP contribution in [0.5, 0.6) is 0 Å². The number of allylic oxidation sites excluding steroid dienone is 2. The zero-order valence-electron chi connectivity index (χ0n) is 8.89. The van der Waals surface area contributed by atoms with E-state index in [1.54, 1.807) is 6.92 Å². The molecule has 1 aliphatic carbocycles. The molecule has 0 aliphatic heterocycles. The molecule has 16 heavy (non-hydrogen) atoms. The second kappa shape index (κ2) is 3.81. The summed E-state index contributed by atoms with van der Waals surface area (Å²) < 4.78 is 0. The lowest BCUT2D eigenvalue weighted by molar-refractivity contribution is -0.142. The van der Waals surface area contributed by atoms with Crippen molar-refractivity contribution in [3.05, 3.63) is 23.3 Å². The van der Waals surface area contributed by atoms with Crippen molar-refractivity contribution in [3.8, 4) is 6.07 Å². The normalized spacial score (nSPS) is 28.7. The van der Waals surface area contributed by atoms with Crippen molar-refractivity contribution >= 4 is 11.9 Å². The maximum absolute atomic E-state index is 11.0. The first-order valence-corrected chi connectivity index (χ1v) is 4.61. The molecule has 0 saturated carbocycles. The van der Waals surface area contributed by atoms with Gasteiger partial charge in [-0.3, -0.25) is 4.79 Å². The number of nitriles is 1. The third-order valence-electron chi connectivity index (χ3n) is 2.84. The second-order valence-corrected chi connectivity index (χ2v) is 3.83. The van der Waals surface area contributed by atoms with Crippen molar-refractivity contribution in [2.45, 2.75) is 13.8 Å². The van der Waals surface area contributed by atoms with E-state index in [1.165, 1.54) is 19.1 Å². The molecule has 5 nitrogen and oxygen atoms in total. The minimum absolute atomic E-state index is 0.223. The molecule has 2 unspecified atom stereocenters. The lowest BCUT2D eigenvalue weighted by Crippen LogP contribution is -2.29. The number of carboxylic acid groups (broad SMARTS) is 2. The van der Waals surface area contributed by atoms with Gasteiger partial charge in [-0.2, -0.15) is 5.26 Å². The van der Waals surface area contributed by atoms with Gasteiger partial charge in [0.2, 0.25) is 0 Å². The van der Waals surface area contributed by atoms with Gasteiger partial charge in [-0.1, -0.05) is 12.2 Å². The maximum atomic E-state index is 11.0. The molecule has 2 atom stereocenters. The number of hydrogen-bond acceptors (Lipinski definition) is 3. The average molecular weight is 221 g/mol. The monoisotopic (exact) mass is 221 g/mol. The summed E-state index contributed by atoms with van der Waals surface area (Å²) in [6, 6.07) is 1.97. The Balaban J connectivity index is 3.40. The van der Waals surface area contributed by atoms with E-state index in [0.717, 1.165) is 0 Å². The van der Waals surface area contributed by atoms with Gasteiger partial charge in [0, 0.05) is 0 Å². The van der Waals surface area contributed by atoms with Crippen LogP contribution in [0.4, 0.5) is 0 Å². The zero-order valence-corrected chi connectivity index (χ0v) is 8.89. The van der Waals surface area contributed by atoms with Gasteiger partial charge in [-0.05, 0) is 19.4 Å². The van der Waals surface area contributed by atoms with Crippen molar-refractivity contribution in [1.82, 2.24) is 0 Å². The van der Waals surface area contributed by atoms with E-state index in [2.05, 4.69) is 0 Å². The molecule has 0 spiro atoms. The fourth-order valence-corrected chi connectivity index (χ4v) is 1.64. The summed E-state index contributed by atoms with van der Waals surface area (Å²) in [5.41, 5.74) is -0.990. The number of carboxylic acids is 2. The van der Waals surface area contributed by atoms with E-state index in [9.17, 15) is 9.59 Å². The Morgan fingerprint density at radius 3 is 2.44 bits per heavy atom. The van der Waals surface area contributed by atoms with E-state index in [1.807, 2.05) is 6.07 Å². The maximum Gasteiger partial charge on any atom is 0.332 e. The van der Waals surface area contributed by atoms with Crippen LogP contribution < -0.4 is 0 Å². The van der Waals surface area contributed by atoms with Gasteiger partial charge in [0.05, 0.1) is 17.1 Å². The summed E-state index contributed by atoms with van der Waals surface area (Å²) >= 11 is 0. The van der Waals surface area contributed by atoms with Crippen molar-refractivity contribution in [1.29, 1.82) is 5.26 Å². The Hall–Kier alpha value is -2.09. The largest absolute Gasteiger partial charge is 0.481 e. The third-order valence-corrected chi connectivity index (χ3v) is 2.84. The van der Waals surface area contributed by atoms with Crippen LogP contribution in [0.1, 0.15) is 13.8 Å². The first-order chi connectivity index (χ1) is 7.33. The van der Waals surface area contributed by atoms with Crippen LogP contribution in [-0.2, 0) is 9.59 Å². The summed E-state index contributed by atoms with van der Waals surface area (Å²) in [6.45, 7) is 3.03. The molecular formula is C11H11NO4. The number of hydrogen-bond donors (Lipinski definition) is 2. The highest BCUT2D eigenvalue weighted by Gasteiger charge is 2.37. The Labute approximate surface area is 92.3 Å². The van der Waals surface area contributed by atoms with Crippen molar-refractivity contribution < 1.29 is 19.8 Å². The number of aliphatic carboxylic acids is 2. The highest BCUT2D eigenvalue weighted by atomic mass is 16.4. The highest BCUT2D eigenvalue weighted by Crippen LogP contribution is 2.37. The Kier molecular flexibility index (Phi) is 2.86. The van der Waals surface area contributed by atoms with Gasteiger partial charge < -0.3 is 10.2 Å². The van der Waals surface area contributed by atoms with Crippen LogP contribution in [0.15, 0.2) is 23.3 Å². The number of nitrogens with zero attached hydrogens (tertiary/aromatic N) is 1. The molecule has 0 saturated heterocycles. The third kappa shape index (κ3) is 1.70. The lowest BCUT2D eigenvalue weighted by atomic mass is 9.74. The molecule has 1 rings (SSSR count). The predicted octanol–water partition coefficient (Wildman–Crippen LogP) is 1.19. The molecule has 0 bridgehead atoms. The summed E-state index contributed by atoms with van der Waals surface area (Å²) in [6.07, 6.45) is 2.69. The SMILES string of the molecule is CC1=C(C(=O)O)C(C(=O)O)C=CC1(C)C#N. The summed E-state index contributed by atoms with van der Waals surface area (Å²) in [7, 11) is 0. The van der Waals surface area contributed by atoms with Crippen LogP contribution in [0.25, 0.3) is 0 Å². The van der Waals surface area contributed by atoms with Crippen LogP contribution in [-0.4, -0.2) is 22.2 Å². The van der Waals surface area contributed by atoms with Gasteiger partial charge in [0.25, 0.3) is 0 Å². The van der Waals surface area contributed by atoms with Crippen molar-refractivity contribution in [3.63, 3.8) is 0 Å². The number of rotatable bonds is 2. The van der Waals surface area contributed by atoms with E-state index in [0.29, 0.717) is 0 Å². The molecule has 5 heteroatoms. The fraction of sp³-hybridized carbons (Fsp3) is 0.364. The van der Waals surface area contributed by atoms with Crippen molar-refractivity contribution in [2.75, 3.05) is 0 Å². The van der Waals surface area contributed by atoms with Gasteiger partial charge in [0.15, 0.2) is 0 Å². The van der Waals surface area contributed by atoms with E-state index >= 15 is 0 Å². The van der Waals surface area contributed by atoms with Gasteiger partial charge >= 0.3 is 11.9 Å². The molecule has 0 radical (unpaired) electrons. The number of carbonyl (C=O) groups is 2.